The number of halogens is 2. The van der Waals surface area contributed by atoms with Crippen LogP contribution in [0.5, 0.6) is 5.75 Å². The van der Waals surface area contributed by atoms with Gasteiger partial charge in [-0.2, -0.15) is 5.26 Å². The molecule has 7 heteroatoms. The molecule has 0 amide bonds. The number of rotatable bonds is 6. The standard InChI is InChI=1S/C22H14BrClN2O3/c23-20-10-16(9-18(13-25)17-7-4-8-19(12-17)26(27)28)11-21(24)22(20)29-14-15-5-2-1-3-6-15/h1-12H,14H2/b18-9-. The predicted octanol–water partition coefficient (Wildman–Crippen LogP) is 6.65. The minimum Gasteiger partial charge on any atom is -0.486 e. The van der Waals surface area contributed by atoms with E-state index in [1.165, 1.54) is 12.1 Å². The summed E-state index contributed by atoms with van der Waals surface area (Å²) in [5.41, 5.74) is 2.34. The smallest absolute Gasteiger partial charge is 0.270 e. The number of nitrogens with zero attached hydrogens (tertiary/aromatic N) is 2. The Balaban J connectivity index is 1.88. The Morgan fingerprint density at radius 3 is 2.59 bits per heavy atom. The molecular formula is C22H14BrClN2O3. The third kappa shape index (κ3) is 5.23. The van der Waals surface area contributed by atoms with Crippen molar-refractivity contribution in [2.45, 2.75) is 6.61 Å². The van der Waals surface area contributed by atoms with E-state index >= 15 is 0 Å². The minimum atomic E-state index is -0.495. The molecule has 0 atom stereocenters. The Morgan fingerprint density at radius 1 is 1.17 bits per heavy atom. The van der Waals surface area contributed by atoms with Gasteiger partial charge in [0.05, 0.1) is 26.1 Å². The van der Waals surface area contributed by atoms with Crippen LogP contribution in [0, 0.1) is 21.4 Å². The number of ether oxygens (including phenoxy) is 1. The van der Waals surface area contributed by atoms with Gasteiger partial charge in [-0.05, 0) is 50.8 Å². The first-order valence-electron chi connectivity index (χ1n) is 8.50. The Bertz CT molecular complexity index is 1100. The van der Waals surface area contributed by atoms with Crippen molar-refractivity contribution in [2.75, 3.05) is 0 Å². The second-order valence-electron chi connectivity index (χ2n) is 6.07. The van der Waals surface area contributed by atoms with Gasteiger partial charge in [-0.1, -0.05) is 54.1 Å². The molecule has 0 fully saturated rings. The second-order valence-corrected chi connectivity index (χ2v) is 7.33. The van der Waals surface area contributed by atoms with Crippen molar-refractivity contribution in [3.63, 3.8) is 0 Å². The Labute approximate surface area is 181 Å². The highest BCUT2D eigenvalue weighted by atomic mass is 79.9. The van der Waals surface area contributed by atoms with E-state index in [1.54, 1.807) is 30.3 Å². The number of hydrogen-bond donors (Lipinski definition) is 0. The van der Waals surface area contributed by atoms with Gasteiger partial charge in [-0.25, -0.2) is 0 Å². The summed E-state index contributed by atoms with van der Waals surface area (Å²) in [6.45, 7) is 0.367. The molecule has 3 aromatic carbocycles. The van der Waals surface area contributed by atoms with Crippen molar-refractivity contribution in [3.8, 4) is 11.8 Å². The van der Waals surface area contributed by atoms with Crippen molar-refractivity contribution < 1.29 is 9.66 Å². The lowest BCUT2D eigenvalue weighted by molar-refractivity contribution is -0.384. The molecule has 0 aromatic heterocycles. The normalized spacial score (nSPS) is 11.0. The van der Waals surface area contributed by atoms with E-state index in [2.05, 4.69) is 22.0 Å². The van der Waals surface area contributed by atoms with Crippen LogP contribution < -0.4 is 4.74 Å². The molecule has 3 aromatic rings. The van der Waals surface area contributed by atoms with E-state index in [0.29, 0.717) is 33.0 Å². The average Bonchev–Trinajstić information content (AvgIpc) is 2.72. The molecule has 0 spiro atoms. The van der Waals surface area contributed by atoms with Crippen molar-refractivity contribution >= 4 is 44.9 Å². The van der Waals surface area contributed by atoms with Gasteiger partial charge in [0.25, 0.3) is 5.69 Å². The summed E-state index contributed by atoms with van der Waals surface area (Å²) in [5, 5.41) is 20.9. The number of nitro groups is 1. The first kappa shape index (κ1) is 20.6. The molecule has 0 aliphatic carbocycles. The van der Waals surface area contributed by atoms with Crippen LogP contribution in [0.25, 0.3) is 11.6 Å². The van der Waals surface area contributed by atoms with Gasteiger partial charge >= 0.3 is 0 Å². The maximum absolute atomic E-state index is 11.0. The fraction of sp³-hybridized carbons (Fsp3) is 0.0455. The number of nitro benzene ring substituents is 1. The van der Waals surface area contributed by atoms with Gasteiger partial charge in [0.15, 0.2) is 5.75 Å². The third-order valence-corrected chi connectivity index (χ3v) is 4.92. The lowest BCUT2D eigenvalue weighted by atomic mass is 10.0. The van der Waals surface area contributed by atoms with E-state index in [0.717, 1.165) is 5.56 Å². The van der Waals surface area contributed by atoms with Gasteiger partial charge in [0.2, 0.25) is 0 Å². The maximum atomic E-state index is 11.0. The highest BCUT2D eigenvalue weighted by Crippen LogP contribution is 2.36. The first-order valence-corrected chi connectivity index (χ1v) is 9.67. The van der Waals surface area contributed by atoms with E-state index in [1.807, 2.05) is 30.3 Å². The quantitative estimate of drug-likeness (QED) is 0.175. The molecule has 0 heterocycles. The predicted molar refractivity (Wildman–Crippen MR) is 117 cm³/mol. The number of nitriles is 1. The molecule has 0 saturated carbocycles. The van der Waals surface area contributed by atoms with Gasteiger partial charge in [-0.15, -0.1) is 0 Å². The van der Waals surface area contributed by atoms with Crippen LogP contribution in [0.15, 0.2) is 71.2 Å². The van der Waals surface area contributed by atoms with Gasteiger partial charge in [-0.3, -0.25) is 10.1 Å². The van der Waals surface area contributed by atoms with Crippen molar-refractivity contribution in [1.82, 2.24) is 0 Å². The first-order chi connectivity index (χ1) is 14.0. The monoisotopic (exact) mass is 468 g/mol. The summed E-state index contributed by atoms with van der Waals surface area (Å²) in [6, 6.07) is 21.2. The van der Waals surface area contributed by atoms with Gasteiger partial charge in [0.1, 0.15) is 6.61 Å². The zero-order chi connectivity index (χ0) is 20.8. The molecule has 29 heavy (non-hydrogen) atoms. The topological polar surface area (TPSA) is 76.2 Å². The second kappa shape index (κ2) is 9.37. The summed E-state index contributed by atoms with van der Waals surface area (Å²) in [6.07, 6.45) is 1.62. The Kier molecular flexibility index (Phi) is 6.65. The number of hydrogen-bond acceptors (Lipinski definition) is 4. The van der Waals surface area contributed by atoms with Crippen LogP contribution in [0.3, 0.4) is 0 Å². The zero-order valence-electron chi connectivity index (χ0n) is 15.0. The SMILES string of the molecule is N#C/C(=C/c1cc(Cl)c(OCc2ccccc2)c(Br)c1)c1cccc([N+](=O)[O-])c1. The Hall–Kier alpha value is -3.14. The number of non-ortho nitro benzene ring substituents is 1. The molecule has 3 rings (SSSR count). The van der Waals surface area contributed by atoms with Crippen LogP contribution in [0.4, 0.5) is 5.69 Å². The number of benzene rings is 3. The van der Waals surface area contributed by atoms with Crippen LogP contribution in [0.1, 0.15) is 16.7 Å². The molecule has 5 nitrogen and oxygen atoms in total. The fourth-order valence-electron chi connectivity index (χ4n) is 2.66. The lowest BCUT2D eigenvalue weighted by Crippen LogP contribution is -1.97. The van der Waals surface area contributed by atoms with Gasteiger partial charge in [0, 0.05) is 12.1 Å². The summed E-state index contributed by atoms with van der Waals surface area (Å²) in [7, 11) is 0. The summed E-state index contributed by atoms with van der Waals surface area (Å²) in [4.78, 5) is 10.5. The van der Waals surface area contributed by atoms with Crippen LogP contribution in [0.2, 0.25) is 5.02 Å². The van der Waals surface area contributed by atoms with Crippen molar-refractivity contribution in [2.24, 2.45) is 0 Å². The fourth-order valence-corrected chi connectivity index (χ4v) is 3.65. The van der Waals surface area contributed by atoms with E-state index in [-0.39, 0.29) is 11.3 Å². The van der Waals surface area contributed by atoms with Crippen LogP contribution in [-0.2, 0) is 6.61 Å². The third-order valence-electron chi connectivity index (χ3n) is 4.05. The van der Waals surface area contributed by atoms with Gasteiger partial charge < -0.3 is 4.74 Å². The molecule has 0 radical (unpaired) electrons. The van der Waals surface area contributed by atoms with Crippen molar-refractivity contribution in [3.05, 3.63) is 103 Å². The number of allylic oxidation sites excluding steroid dienone is 1. The lowest BCUT2D eigenvalue weighted by Gasteiger charge is -2.11. The van der Waals surface area contributed by atoms with Crippen LogP contribution >= 0.6 is 27.5 Å². The molecular weight excluding hydrogens is 456 g/mol. The van der Waals surface area contributed by atoms with Crippen molar-refractivity contribution in [1.29, 1.82) is 5.26 Å². The zero-order valence-corrected chi connectivity index (χ0v) is 17.4. The van der Waals surface area contributed by atoms with E-state index < -0.39 is 4.92 Å². The molecule has 0 unspecified atom stereocenters. The largest absolute Gasteiger partial charge is 0.486 e. The maximum Gasteiger partial charge on any atom is 0.270 e. The molecule has 0 bridgehead atoms. The highest BCUT2D eigenvalue weighted by molar-refractivity contribution is 9.10. The minimum absolute atomic E-state index is 0.0764. The molecule has 0 saturated heterocycles. The van der Waals surface area contributed by atoms with E-state index in [9.17, 15) is 15.4 Å². The molecule has 144 valence electrons. The summed E-state index contributed by atoms with van der Waals surface area (Å²) >= 11 is 9.84. The molecule has 0 aliphatic heterocycles. The average molecular weight is 470 g/mol. The molecule has 0 aliphatic rings. The molecule has 0 N–H and O–H groups in total. The Morgan fingerprint density at radius 2 is 1.93 bits per heavy atom. The van der Waals surface area contributed by atoms with Crippen LogP contribution in [-0.4, -0.2) is 4.92 Å². The summed E-state index contributed by atoms with van der Waals surface area (Å²) < 4.78 is 6.47. The highest BCUT2D eigenvalue weighted by Gasteiger charge is 2.12. The summed E-state index contributed by atoms with van der Waals surface area (Å²) in [5.74, 6) is 0.501. The van der Waals surface area contributed by atoms with E-state index in [4.69, 9.17) is 16.3 Å².